The van der Waals surface area contributed by atoms with Crippen molar-refractivity contribution >= 4 is 11.4 Å². The molecule has 0 spiro atoms. The van der Waals surface area contributed by atoms with Crippen LogP contribution in [0.2, 0.25) is 0 Å². The second-order valence-corrected chi connectivity index (χ2v) is 10.5. The van der Waals surface area contributed by atoms with Crippen molar-refractivity contribution in [2.75, 3.05) is 42.5 Å². The summed E-state index contributed by atoms with van der Waals surface area (Å²) in [5, 5.41) is 12.4. The van der Waals surface area contributed by atoms with Gasteiger partial charge in [-0.3, -0.25) is 14.5 Å². The second-order valence-electron chi connectivity index (χ2n) is 10.5. The molecule has 1 aliphatic carbocycles. The van der Waals surface area contributed by atoms with Crippen molar-refractivity contribution in [2.45, 2.75) is 57.7 Å². The van der Waals surface area contributed by atoms with Crippen molar-refractivity contribution in [3.63, 3.8) is 0 Å². The topological polar surface area (TPSA) is 84.1 Å². The molecule has 0 aromatic carbocycles. The molecule has 2 saturated heterocycles. The van der Waals surface area contributed by atoms with E-state index in [1.807, 2.05) is 24.8 Å². The molecule has 6 rings (SSSR count). The molecule has 0 unspecified atom stereocenters. The van der Waals surface area contributed by atoms with Gasteiger partial charge in [-0.15, -0.1) is 5.10 Å². The van der Waals surface area contributed by atoms with E-state index in [-0.39, 0.29) is 5.56 Å². The van der Waals surface area contributed by atoms with Crippen LogP contribution in [0.25, 0.3) is 11.3 Å². The summed E-state index contributed by atoms with van der Waals surface area (Å²) in [6.45, 7) is 6.45. The number of aryl methyl sites for hydroxylation is 2. The Morgan fingerprint density at radius 1 is 0.944 bits per heavy atom. The van der Waals surface area contributed by atoms with E-state index in [9.17, 15) is 4.79 Å². The van der Waals surface area contributed by atoms with Crippen molar-refractivity contribution in [3.05, 3.63) is 53.3 Å². The molecule has 9 heteroatoms. The van der Waals surface area contributed by atoms with Crippen LogP contribution in [0, 0.1) is 5.92 Å². The zero-order valence-electron chi connectivity index (χ0n) is 20.9. The van der Waals surface area contributed by atoms with Gasteiger partial charge in [-0.1, -0.05) is 11.6 Å². The van der Waals surface area contributed by atoms with E-state index in [1.165, 1.54) is 32.1 Å². The maximum atomic E-state index is 12.9. The first-order valence-corrected chi connectivity index (χ1v) is 13.5. The zero-order chi connectivity index (χ0) is 24.3. The quantitative estimate of drug-likeness (QED) is 0.496. The maximum absolute atomic E-state index is 12.9. The third kappa shape index (κ3) is 5.16. The minimum atomic E-state index is 0.0313. The number of anilines is 2. The summed E-state index contributed by atoms with van der Waals surface area (Å²) < 4.78 is 3.56. The van der Waals surface area contributed by atoms with Crippen LogP contribution in [0.4, 0.5) is 11.4 Å². The molecule has 3 fully saturated rings. The molecule has 3 aromatic rings. The first kappa shape index (κ1) is 23.2. The van der Waals surface area contributed by atoms with Gasteiger partial charge in [0.25, 0.3) is 5.56 Å². The Morgan fingerprint density at radius 2 is 1.83 bits per heavy atom. The van der Waals surface area contributed by atoms with Crippen LogP contribution >= 0.6 is 0 Å². The Bertz CT molecular complexity index is 1230. The number of nitrogens with zero attached hydrogens (tertiary/aromatic N) is 7. The number of pyridine rings is 2. The predicted molar refractivity (Wildman–Crippen MR) is 141 cm³/mol. The third-order valence-electron chi connectivity index (χ3n) is 8.04. The smallest absolute Gasteiger partial charge is 0.252 e. The van der Waals surface area contributed by atoms with Gasteiger partial charge < -0.3 is 19.7 Å². The third-order valence-corrected chi connectivity index (χ3v) is 8.04. The van der Waals surface area contributed by atoms with Gasteiger partial charge in [-0.25, -0.2) is 0 Å². The lowest BCUT2D eigenvalue weighted by Gasteiger charge is -2.36. The Morgan fingerprint density at radius 3 is 2.61 bits per heavy atom. The molecule has 1 atom stereocenters. The second kappa shape index (κ2) is 10.4. The molecular weight excluding hydrogens is 452 g/mol. The number of piperidine rings is 1. The highest BCUT2D eigenvalue weighted by molar-refractivity contribution is 5.63. The zero-order valence-corrected chi connectivity index (χ0v) is 20.9. The number of hydrogen-bond acceptors (Lipinski definition) is 7. The lowest BCUT2D eigenvalue weighted by molar-refractivity contribution is 0.280. The molecule has 2 aliphatic heterocycles. The van der Waals surface area contributed by atoms with Gasteiger partial charge in [0.1, 0.15) is 5.69 Å². The average Bonchev–Trinajstić information content (AvgIpc) is 3.31. The van der Waals surface area contributed by atoms with Gasteiger partial charge in [-0.2, -0.15) is 0 Å². The van der Waals surface area contributed by atoms with Gasteiger partial charge in [0, 0.05) is 68.5 Å². The van der Waals surface area contributed by atoms with E-state index in [1.54, 1.807) is 15.3 Å². The van der Waals surface area contributed by atoms with Crippen LogP contribution < -0.4 is 20.7 Å². The van der Waals surface area contributed by atoms with E-state index in [0.717, 1.165) is 67.7 Å². The molecular formula is C27H36N8O. The molecule has 3 aliphatic rings. The molecule has 0 bridgehead atoms. The molecule has 1 N–H and O–H groups in total. The molecule has 9 nitrogen and oxygen atoms in total. The molecule has 5 heterocycles. The van der Waals surface area contributed by atoms with E-state index in [2.05, 4.69) is 42.5 Å². The fourth-order valence-corrected chi connectivity index (χ4v) is 5.35. The van der Waals surface area contributed by atoms with E-state index >= 15 is 0 Å². The SMILES string of the molecule is O=c1cc(N2CCC[C@@H](NCC3CCC3)C2)ccn1CCn1cc(-c2cncc(N3CCC3)c2)nn1. The van der Waals surface area contributed by atoms with Crippen LogP contribution in [0.5, 0.6) is 0 Å². The monoisotopic (exact) mass is 488 g/mol. The highest BCUT2D eigenvalue weighted by Gasteiger charge is 2.23. The summed E-state index contributed by atoms with van der Waals surface area (Å²) in [4.78, 5) is 21.9. The molecule has 36 heavy (non-hydrogen) atoms. The van der Waals surface area contributed by atoms with Crippen LogP contribution in [0.1, 0.15) is 38.5 Å². The highest BCUT2D eigenvalue weighted by atomic mass is 16.1. The summed E-state index contributed by atoms with van der Waals surface area (Å²) >= 11 is 0. The lowest BCUT2D eigenvalue weighted by Crippen LogP contribution is -2.47. The Kier molecular flexibility index (Phi) is 6.72. The number of aromatic nitrogens is 5. The van der Waals surface area contributed by atoms with Gasteiger partial charge in [-0.05, 0) is 56.7 Å². The van der Waals surface area contributed by atoms with Gasteiger partial charge in [0.2, 0.25) is 0 Å². The normalized spacial score (nSPS) is 20.3. The molecule has 1 saturated carbocycles. The summed E-state index contributed by atoms with van der Waals surface area (Å²) in [6.07, 6.45) is 15.3. The number of hydrogen-bond donors (Lipinski definition) is 1. The highest BCUT2D eigenvalue weighted by Crippen LogP contribution is 2.26. The van der Waals surface area contributed by atoms with Gasteiger partial charge >= 0.3 is 0 Å². The van der Waals surface area contributed by atoms with Gasteiger partial charge in [0.05, 0.1) is 24.6 Å². The van der Waals surface area contributed by atoms with Crippen LogP contribution in [0.3, 0.4) is 0 Å². The molecule has 190 valence electrons. The lowest BCUT2D eigenvalue weighted by atomic mass is 9.85. The van der Waals surface area contributed by atoms with Crippen molar-refractivity contribution < 1.29 is 0 Å². The van der Waals surface area contributed by atoms with E-state index in [4.69, 9.17) is 0 Å². The summed E-state index contributed by atoms with van der Waals surface area (Å²) in [7, 11) is 0. The van der Waals surface area contributed by atoms with Gasteiger partial charge in [0.15, 0.2) is 0 Å². The van der Waals surface area contributed by atoms with Crippen molar-refractivity contribution in [3.8, 4) is 11.3 Å². The Hall–Kier alpha value is -3.20. The number of nitrogens with one attached hydrogen (secondary N) is 1. The van der Waals surface area contributed by atoms with Crippen molar-refractivity contribution in [2.24, 2.45) is 5.92 Å². The largest absolute Gasteiger partial charge is 0.370 e. The Balaban J connectivity index is 1.05. The molecule has 0 amide bonds. The average molecular weight is 489 g/mol. The van der Waals surface area contributed by atoms with Crippen LogP contribution in [0.15, 0.2) is 47.8 Å². The minimum absolute atomic E-state index is 0.0313. The maximum Gasteiger partial charge on any atom is 0.252 e. The van der Waals surface area contributed by atoms with Crippen molar-refractivity contribution in [1.29, 1.82) is 0 Å². The minimum Gasteiger partial charge on any atom is -0.370 e. The van der Waals surface area contributed by atoms with E-state index < -0.39 is 0 Å². The standard InChI is InChI=1S/C27H36N8O/c36-27-15-24(34-8-2-6-23(19-34)29-16-21-4-1-5-21)7-11-33(27)12-13-35-20-26(30-31-35)22-14-25(18-28-17-22)32-9-3-10-32/h7,11,14-15,17-18,20-21,23,29H,1-6,8-10,12-13,16,19H2/t23-/m1/s1. The fraction of sp³-hybridized carbons (Fsp3) is 0.556. The predicted octanol–water partition coefficient (Wildman–Crippen LogP) is 2.77. The number of rotatable bonds is 9. The summed E-state index contributed by atoms with van der Waals surface area (Å²) in [5.41, 5.74) is 3.97. The summed E-state index contributed by atoms with van der Waals surface area (Å²) in [6, 6.07) is 6.51. The first-order valence-electron chi connectivity index (χ1n) is 13.5. The molecule has 0 radical (unpaired) electrons. The van der Waals surface area contributed by atoms with E-state index in [0.29, 0.717) is 19.1 Å². The molecule has 3 aromatic heterocycles. The summed E-state index contributed by atoms with van der Waals surface area (Å²) in [5.74, 6) is 0.873. The van der Waals surface area contributed by atoms with Crippen LogP contribution in [-0.2, 0) is 13.1 Å². The Labute approximate surface area is 212 Å². The fourth-order valence-electron chi connectivity index (χ4n) is 5.35. The van der Waals surface area contributed by atoms with Crippen LogP contribution in [-0.4, -0.2) is 63.3 Å². The first-order chi connectivity index (χ1) is 17.7. The van der Waals surface area contributed by atoms with Crippen molar-refractivity contribution in [1.82, 2.24) is 29.9 Å².